The Balaban J connectivity index is 2.00. The molecule has 3 unspecified atom stereocenters. The quantitative estimate of drug-likeness (QED) is 0.829. The number of nitrogens with zero attached hydrogens (tertiary/aromatic N) is 1. The third-order valence-electron chi connectivity index (χ3n) is 5.28. The molecule has 1 saturated heterocycles. The minimum Gasteiger partial charge on any atom is -0.315 e. The lowest BCUT2D eigenvalue weighted by atomic mass is 9.76. The standard InChI is InChI=1S/C16H32N2/c1-13(2)14-8-9-15(17-3)16(12-14)18-10-6-4-5-7-11-18/h13-17H,4-12H2,1-3H3. The van der Waals surface area contributed by atoms with Crippen LogP contribution in [0.2, 0.25) is 0 Å². The molecule has 1 aliphatic heterocycles. The van der Waals surface area contributed by atoms with E-state index in [1.807, 2.05) is 0 Å². The van der Waals surface area contributed by atoms with Crippen molar-refractivity contribution >= 4 is 0 Å². The van der Waals surface area contributed by atoms with Gasteiger partial charge in [-0.3, -0.25) is 4.90 Å². The lowest BCUT2D eigenvalue weighted by molar-refractivity contribution is 0.0883. The van der Waals surface area contributed by atoms with Crippen molar-refractivity contribution in [3.8, 4) is 0 Å². The van der Waals surface area contributed by atoms with Crippen molar-refractivity contribution < 1.29 is 0 Å². The molecule has 2 nitrogen and oxygen atoms in total. The van der Waals surface area contributed by atoms with Crippen molar-refractivity contribution in [3.63, 3.8) is 0 Å². The number of hydrogen-bond donors (Lipinski definition) is 1. The van der Waals surface area contributed by atoms with Crippen LogP contribution in [0.4, 0.5) is 0 Å². The number of nitrogens with one attached hydrogen (secondary N) is 1. The molecule has 2 aliphatic rings. The Morgan fingerprint density at radius 1 is 1.00 bits per heavy atom. The average molecular weight is 252 g/mol. The lowest BCUT2D eigenvalue weighted by Gasteiger charge is -2.43. The topological polar surface area (TPSA) is 15.3 Å². The largest absolute Gasteiger partial charge is 0.315 e. The van der Waals surface area contributed by atoms with Crippen LogP contribution >= 0.6 is 0 Å². The molecule has 2 rings (SSSR count). The molecule has 2 fully saturated rings. The molecule has 0 aromatic rings. The van der Waals surface area contributed by atoms with E-state index >= 15 is 0 Å². The fraction of sp³-hybridized carbons (Fsp3) is 1.00. The van der Waals surface area contributed by atoms with Gasteiger partial charge in [0.1, 0.15) is 0 Å². The maximum atomic E-state index is 3.59. The van der Waals surface area contributed by atoms with Crippen LogP contribution in [0.5, 0.6) is 0 Å². The van der Waals surface area contributed by atoms with Gasteiger partial charge in [0, 0.05) is 12.1 Å². The predicted octanol–water partition coefficient (Wildman–Crippen LogP) is 3.28. The van der Waals surface area contributed by atoms with E-state index in [0.717, 1.165) is 23.9 Å². The number of likely N-dealkylation sites (tertiary alicyclic amines) is 1. The van der Waals surface area contributed by atoms with E-state index in [-0.39, 0.29) is 0 Å². The van der Waals surface area contributed by atoms with Gasteiger partial charge in [-0.2, -0.15) is 0 Å². The van der Waals surface area contributed by atoms with Crippen molar-refractivity contribution in [2.24, 2.45) is 11.8 Å². The van der Waals surface area contributed by atoms with Gasteiger partial charge < -0.3 is 5.32 Å². The Kier molecular flexibility index (Phi) is 5.50. The average Bonchev–Trinajstić information content (AvgIpc) is 2.66. The van der Waals surface area contributed by atoms with Gasteiger partial charge in [0.15, 0.2) is 0 Å². The van der Waals surface area contributed by atoms with Crippen LogP contribution in [-0.2, 0) is 0 Å². The van der Waals surface area contributed by atoms with E-state index in [2.05, 4.69) is 31.1 Å². The molecule has 1 aliphatic carbocycles. The SMILES string of the molecule is CNC1CCC(C(C)C)CC1N1CCCCCC1. The molecule has 0 bridgehead atoms. The summed E-state index contributed by atoms with van der Waals surface area (Å²) in [7, 11) is 2.16. The molecule has 0 aromatic heterocycles. The van der Waals surface area contributed by atoms with Gasteiger partial charge >= 0.3 is 0 Å². The first-order chi connectivity index (χ1) is 8.72. The van der Waals surface area contributed by atoms with Crippen LogP contribution in [0.3, 0.4) is 0 Å². The highest BCUT2D eigenvalue weighted by Crippen LogP contribution is 2.33. The van der Waals surface area contributed by atoms with Crippen molar-refractivity contribution in [2.75, 3.05) is 20.1 Å². The first-order valence-electron chi connectivity index (χ1n) is 8.13. The summed E-state index contributed by atoms with van der Waals surface area (Å²) >= 11 is 0. The van der Waals surface area contributed by atoms with Crippen LogP contribution in [0.15, 0.2) is 0 Å². The number of hydrogen-bond acceptors (Lipinski definition) is 2. The van der Waals surface area contributed by atoms with E-state index in [0.29, 0.717) is 0 Å². The minimum atomic E-state index is 0.734. The smallest absolute Gasteiger partial charge is 0.0251 e. The highest BCUT2D eigenvalue weighted by Gasteiger charge is 2.34. The zero-order valence-electron chi connectivity index (χ0n) is 12.6. The first kappa shape index (κ1) is 14.3. The molecule has 1 N–H and O–H groups in total. The van der Waals surface area contributed by atoms with Crippen molar-refractivity contribution in [3.05, 3.63) is 0 Å². The van der Waals surface area contributed by atoms with Crippen molar-refractivity contribution in [1.29, 1.82) is 0 Å². The zero-order valence-corrected chi connectivity index (χ0v) is 12.6. The molecule has 2 heteroatoms. The van der Waals surface area contributed by atoms with E-state index in [9.17, 15) is 0 Å². The molecule has 106 valence electrons. The molecule has 0 radical (unpaired) electrons. The highest BCUT2D eigenvalue weighted by molar-refractivity contribution is 4.91. The Morgan fingerprint density at radius 2 is 1.67 bits per heavy atom. The third kappa shape index (κ3) is 3.48. The van der Waals surface area contributed by atoms with Gasteiger partial charge in [-0.25, -0.2) is 0 Å². The molecule has 18 heavy (non-hydrogen) atoms. The van der Waals surface area contributed by atoms with Gasteiger partial charge in [0.05, 0.1) is 0 Å². The fourth-order valence-corrected chi connectivity index (χ4v) is 3.95. The Bertz CT molecular complexity index is 231. The summed E-state index contributed by atoms with van der Waals surface area (Å²) in [4.78, 5) is 2.81. The normalized spacial score (nSPS) is 35.7. The predicted molar refractivity (Wildman–Crippen MR) is 78.9 cm³/mol. The summed E-state index contributed by atoms with van der Waals surface area (Å²) in [5, 5.41) is 3.59. The monoisotopic (exact) mass is 252 g/mol. The molecule has 1 saturated carbocycles. The van der Waals surface area contributed by atoms with E-state index < -0.39 is 0 Å². The molecule has 0 aromatic carbocycles. The summed E-state index contributed by atoms with van der Waals surface area (Å²) < 4.78 is 0. The summed E-state index contributed by atoms with van der Waals surface area (Å²) in [5.74, 6) is 1.81. The summed E-state index contributed by atoms with van der Waals surface area (Å²) in [6, 6.07) is 1.53. The molecular formula is C16H32N2. The second-order valence-corrected chi connectivity index (χ2v) is 6.73. The number of likely N-dealkylation sites (N-methyl/N-ethyl adjacent to an activating group) is 1. The second-order valence-electron chi connectivity index (χ2n) is 6.73. The van der Waals surface area contributed by atoms with Crippen molar-refractivity contribution in [1.82, 2.24) is 10.2 Å². The Labute approximate surface area is 114 Å². The molecule has 3 atom stereocenters. The van der Waals surface area contributed by atoms with Gasteiger partial charge in [0.2, 0.25) is 0 Å². The third-order valence-corrected chi connectivity index (χ3v) is 5.28. The Hall–Kier alpha value is -0.0800. The van der Waals surface area contributed by atoms with Gasteiger partial charge in [-0.05, 0) is 64.1 Å². The summed E-state index contributed by atoms with van der Waals surface area (Å²) in [6.45, 7) is 7.50. The Morgan fingerprint density at radius 3 is 2.22 bits per heavy atom. The summed E-state index contributed by atoms with van der Waals surface area (Å²) in [6.07, 6.45) is 9.94. The van der Waals surface area contributed by atoms with Gasteiger partial charge in [0.25, 0.3) is 0 Å². The van der Waals surface area contributed by atoms with Crippen LogP contribution in [0.25, 0.3) is 0 Å². The van der Waals surface area contributed by atoms with Crippen LogP contribution in [-0.4, -0.2) is 37.1 Å². The highest BCUT2D eigenvalue weighted by atomic mass is 15.2. The maximum absolute atomic E-state index is 3.59. The van der Waals surface area contributed by atoms with E-state index in [4.69, 9.17) is 0 Å². The molecule has 0 amide bonds. The van der Waals surface area contributed by atoms with E-state index in [1.54, 1.807) is 0 Å². The summed E-state index contributed by atoms with van der Waals surface area (Å²) in [5.41, 5.74) is 0. The molecule has 1 heterocycles. The van der Waals surface area contributed by atoms with Crippen LogP contribution < -0.4 is 5.32 Å². The second kappa shape index (κ2) is 6.91. The van der Waals surface area contributed by atoms with Gasteiger partial charge in [-0.15, -0.1) is 0 Å². The van der Waals surface area contributed by atoms with Gasteiger partial charge in [-0.1, -0.05) is 26.7 Å². The van der Waals surface area contributed by atoms with E-state index in [1.165, 1.54) is 58.0 Å². The minimum absolute atomic E-state index is 0.734. The maximum Gasteiger partial charge on any atom is 0.0251 e. The number of rotatable bonds is 3. The fourth-order valence-electron chi connectivity index (χ4n) is 3.95. The van der Waals surface area contributed by atoms with Crippen LogP contribution in [0.1, 0.15) is 58.8 Å². The van der Waals surface area contributed by atoms with Crippen LogP contribution in [0, 0.1) is 11.8 Å². The van der Waals surface area contributed by atoms with Crippen molar-refractivity contribution in [2.45, 2.75) is 70.9 Å². The first-order valence-corrected chi connectivity index (χ1v) is 8.13. The lowest BCUT2D eigenvalue weighted by Crippen LogP contribution is -2.53. The molecule has 0 spiro atoms. The zero-order chi connectivity index (χ0) is 13.0. The molecular weight excluding hydrogens is 220 g/mol.